The largest absolute Gasteiger partial charge is 0.384 e. The predicted molar refractivity (Wildman–Crippen MR) is 84.3 cm³/mol. The first kappa shape index (κ1) is 13.5. The van der Waals surface area contributed by atoms with Crippen molar-refractivity contribution in [3.05, 3.63) is 29.8 Å². The summed E-state index contributed by atoms with van der Waals surface area (Å²) in [5.41, 5.74) is 14.4. The molecule has 1 aliphatic rings. The Hall–Kier alpha value is -2.50. The fourth-order valence-electron chi connectivity index (χ4n) is 2.77. The van der Waals surface area contributed by atoms with E-state index in [0.29, 0.717) is 18.9 Å². The fourth-order valence-corrected chi connectivity index (χ4v) is 2.77. The number of pyridine rings is 1. The van der Waals surface area contributed by atoms with E-state index in [4.69, 9.17) is 11.5 Å². The zero-order valence-electron chi connectivity index (χ0n) is 12.0. The van der Waals surface area contributed by atoms with E-state index in [2.05, 4.69) is 22.0 Å². The lowest BCUT2D eigenvalue weighted by molar-refractivity contribution is 0.204. The van der Waals surface area contributed by atoms with Crippen LogP contribution in [0.1, 0.15) is 5.56 Å². The van der Waals surface area contributed by atoms with Crippen molar-refractivity contribution in [3.63, 3.8) is 0 Å². The summed E-state index contributed by atoms with van der Waals surface area (Å²) in [6.45, 7) is 4.79. The molecule has 6 heteroatoms. The molecule has 21 heavy (non-hydrogen) atoms. The number of carbonyl (C=O) groups is 1. The van der Waals surface area contributed by atoms with Crippen molar-refractivity contribution in [1.29, 1.82) is 0 Å². The van der Waals surface area contributed by atoms with Gasteiger partial charge in [-0.1, -0.05) is 12.1 Å². The molecule has 3 rings (SSSR count). The lowest BCUT2D eigenvalue weighted by Gasteiger charge is -2.35. The maximum absolute atomic E-state index is 11.2. The first-order valence-electron chi connectivity index (χ1n) is 7.01. The minimum Gasteiger partial charge on any atom is -0.384 e. The molecule has 1 aromatic carbocycles. The lowest BCUT2D eigenvalue weighted by Crippen LogP contribution is -2.50. The van der Waals surface area contributed by atoms with E-state index in [1.165, 1.54) is 0 Å². The van der Waals surface area contributed by atoms with Crippen molar-refractivity contribution in [2.45, 2.75) is 6.92 Å². The molecular formula is C15H19N5O. The molecule has 2 aromatic rings. The van der Waals surface area contributed by atoms with Gasteiger partial charge in [-0.2, -0.15) is 0 Å². The van der Waals surface area contributed by atoms with Crippen LogP contribution >= 0.6 is 0 Å². The SMILES string of the molecule is Cc1ccc2c(N3CCN(C(N)=O)CC3)cc(N)nc2c1. The molecule has 1 aromatic heterocycles. The monoisotopic (exact) mass is 285 g/mol. The second-order valence-electron chi connectivity index (χ2n) is 5.40. The Labute approximate surface area is 123 Å². The van der Waals surface area contributed by atoms with Gasteiger partial charge in [-0.25, -0.2) is 9.78 Å². The Bertz CT molecular complexity index is 687. The number of amides is 2. The number of nitrogens with two attached hydrogens (primary N) is 2. The first-order chi connectivity index (χ1) is 10.0. The lowest BCUT2D eigenvalue weighted by atomic mass is 10.1. The summed E-state index contributed by atoms with van der Waals surface area (Å²) in [6.07, 6.45) is 0. The van der Waals surface area contributed by atoms with Crippen LogP contribution in [-0.2, 0) is 0 Å². The Morgan fingerprint density at radius 2 is 1.90 bits per heavy atom. The standard InChI is InChI=1S/C15H19N5O/c1-10-2-3-11-12(8-10)18-14(16)9-13(11)19-4-6-20(7-5-19)15(17)21/h2-3,8-9H,4-7H2,1H3,(H2,16,18)(H2,17,21). The first-order valence-corrected chi connectivity index (χ1v) is 7.01. The van der Waals surface area contributed by atoms with E-state index in [1.807, 2.05) is 19.1 Å². The summed E-state index contributed by atoms with van der Waals surface area (Å²) in [6, 6.07) is 7.73. The maximum Gasteiger partial charge on any atom is 0.314 e. The van der Waals surface area contributed by atoms with Gasteiger partial charge >= 0.3 is 6.03 Å². The molecule has 6 nitrogen and oxygen atoms in total. The van der Waals surface area contributed by atoms with Crippen LogP contribution in [0.3, 0.4) is 0 Å². The number of carbonyl (C=O) groups excluding carboxylic acids is 1. The van der Waals surface area contributed by atoms with Crippen LogP contribution in [0.4, 0.5) is 16.3 Å². The average Bonchev–Trinajstić information content (AvgIpc) is 2.46. The fraction of sp³-hybridized carbons (Fsp3) is 0.333. The molecule has 0 spiro atoms. The van der Waals surface area contributed by atoms with Gasteiger partial charge in [0.2, 0.25) is 0 Å². The molecule has 4 N–H and O–H groups in total. The normalized spacial score (nSPS) is 15.5. The van der Waals surface area contributed by atoms with Crippen LogP contribution in [-0.4, -0.2) is 42.1 Å². The average molecular weight is 285 g/mol. The molecule has 0 aliphatic carbocycles. The number of aryl methyl sites for hydroxylation is 1. The van der Waals surface area contributed by atoms with Gasteiger partial charge in [-0.15, -0.1) is 0 Å². The van der Waals surface area contributed by atoms with Gasteiger partial charge in [0.05, 0.1) is 5.52 Å². The van der Waals surface area contributed by atoms with Gasteiger partial charge in [-0.05, 0) is 18.6 Å². The Morgan fingerprint density at radius 1 is 1.19 bits per heavy atom. The van der Waals surface area contributed by atoms with Crippen molar-refractivity contribution >= 4 is 28.4 Å². The topological polar surface area (TPSA) is 88.5 Å². The zero-order chi connectivity index (χ0) is 15.0. The second-order valence-corrected chi connectivity index (χ2v) is 5.40. The third kappa shape index (κ3) is 2.56. The van der Waals surface area contributed by atoms with E-state index >= 15 is 0 Å². The molecule has 0 saturated carbocycles. The van der Waals surface area contributed by atoms with Gasteiger partial charge in [0.25, 0.3) is 0 Å². The van der Waals surface area contributed by atoms with Gasteiger partial charge in [0.15, 0.2) is 0 Å². The van der Waals surface area contributed by atoms with Crippen LogP contribution in [0.5, 0.6) is 0 Å². The van der Waals surface area contributed by atoms with Gasteiger partial charge in [-0.3, -0.25) is 0 Å². The highest BCUT2D eigenvalue weighted by Gasteiger charge is 2.21. The molecule has 1 aliphatic heterocycles. The third-order valence-electron chi connectivity index (χ3n) is 3.90. The molecule has 2 heterocycles. The Balaban J connectivity index is 1.95. The molecule has 110 valence electrons. The second kappa shape index (κ2) is 5.12. The number of nitrogens with zero attached hydrogens (tertiary/aromatic N) is 3. The number of rotatable bonds is 1. The van der Waals surface area contributed by atoms with Crippen molar-refractivity contribution in [2.75, 3.05) is 36.8 Å². The van der Waals surface area contributed by atoms with Gasteiger partial charge in [0.1, 0.15) is 5.82 Å². The molecule has 0 radical (unpaired) electrons. The third-order valence-corrected chi connectivity index (χ3v) is 3.90. The molecule has 1 fully saturated rings. The summed E-state index contributed by atoms with van der Waals surface area (Å²) < 4.78 is 0. The van der Waals surface area contributed by atoms with Gasteiger partial charge in [0, 0.05) is 43.3 Å². The van der Waals surface area contributed by atoms with Crippen molar-refractivity contribution < 1.29 is 4.79 Å². The number of anilines is 2. The van der Waals surface area contributed by atoms with E-state index in [0.717, 1.165) is 35.2 Å². The van der Waals surface area contributed by atoms with Gasteiger partial charge < -0.3 is 21.3 Å². The molecule has 0 atom stereocenters. The highest BCUT2D eigenvalue weighted by Crippen LogP contribution is 2.29. The zero-order valence-corrected chi connectivity index (χ0v) is 12.0. The van der Waals surface area contributed by atoms with Crippen LogP contribution in [0.25, 0.3) is 10.9 Å². The molecule has 0 unspecified atom stereocenters. The van der Waals surface area contributed by atoms with E-state index in [1.54, 1.807) is 4.90 Å². The number of hydrogen-bond acceptors (Lipinski definition) is 4. The minimum absolute atomic E-state index is 0.357. The number of urea groups is 1. The number of hydrogen-bond donors (Lipinski definition) is 2. The van der Waals surface area contributed by atoms with Crippen LogP contribution in [0.2, 0.25) is 0 Å². The van der Waals surface area contributed by atoms with E-state index < -0.39 is 0 Å². The highest BCUT2D eigenvalue weighted by molar-refractivity contribution is 5.93. The number of nitrogen functional groups attached to an aromatic ring is 1. The van der Waals surface area contributed by atoms with Crippen LogP contribution in [0.15, 0.2) is 24.3 Å². The summed E-state index contributed by atoms with van der Waals surface area (Å²) in [5.74, 6) is 0.514. The molecule has 2 amide bonds. The minimum atomic E-state index is -0.357. The smallest absolute Gasteiger partial charge is 0.314 e. The molecule has 0 bridgehead atoms. The van der Waals surface area contributed by atoms with Crippen molar-refractivity contribution in [3.8, 4) is 0 Å². The Kier molecular flexibility index (Phi) is 3.29. The van der Waals surface area contributed by atoms with Crippen LogP contribution < -0.4 is 16.4 Å². The van der Waals surface area contributed by atoms with E-state index in [9.17, 15) is 4.79 Å². The van der Waals surface area contributed by atoms with Crippen molar-refractivity contribution in [1.82, 2.24) is 9.88 Å². The maximum atomic E-state index is 11.2. The molecular weight excluding hydrogens is 266 g/mol. The predicted octanol–water partition coefficient (Wildman–Crippen LogP) is 1.33. The number of primary amides is 1. The number of aromatic nitrogens is 1. The summed E-state index contributed by atoms with van der Waals surface area (Å²) >= 11 is 0. The van der Waals surface area contributed by atoms with E-state index in [-0.39, 0.29) is 6.03 Å². The highest BCUT2D eigenvalue weighted by atomic mass is 16.2. The quantitative estimate of drug-likeness (QED) is 0.827. The summed E-state index contributed by atoms with van der Waals surface area (Å²) in [5, 5.41) is 1.09. The number of benzene rings is 1. The summed E-state index contributed by atoms with van der Waals surface area (Å²) in [4.78, 5) is 19.5. The number of fused-ring (bicyclic) bond motifs is 1. The summed E-state index contributed by atoms with van der Waals surface area (Å²) in [7, 11) is 0. The molecule has 1 saturated heterocycles. The van der Waals surface area contributed by atoms with Crippen LogP contribution in [0, 0.1) is 6.92 Å². The van der Waals surface area contributed by atoms with Crippen molar-refractivity contribution in [2.24, 2.45) is 5.73 Å². The Morgan fingerprint density at radius 3 is 2.57 bits per heavy atom. The number of piperazine rings is 1.